The Kier molecular flexibility index (Phi) is 5.98. The molecule has 2 aromatic rings. The van der Waals surface area contributed by atoms with Crippen molar-refractivity contribution in [1.29, 1.82) is 0 Å². The number of likely N-dealkylation sites (tertiary alicyclic amines) is 1. The topological polar surface area (TPSA) is 64.4 Å². The average molecular weight is 478 g/mol. The summed E-state index contributed by atoms with van der Waals surface area (Å²) in [4.78, 5) is 33.3. The maximum Gasteiger partial charge on any atom is 0.362 e. The van der Waals surface area contributed by atoms with Crippen LogP contribution in [0.1, 0.15) is 88.5 Å². The van der Waals surface area contributed by atoms with Crippen LogP contribution in [0, 0.1) is 17.8 Å². The van der Waals surface area contributed by atoms with Crippen molar-refractivity contribution < 1.29 is 9.53 Å². The first-order valence-corrected chi connectivity index (χ1v) is 14.0. The standard InChI is InChI=1S/C29H39N3O3/c1-3-22-9-10-23(32(22)29-16-19-13-20(17-29)15-21(14-19)18-29)11-12-31-25-8-6-5-7-24(25)30-26(27(31)33)28(34)35-4-2/h5-8,19-23H,3-4,9-18H2,1-2H3/t19?,20?,21?,22-,23-,29?/m0/s1. The monoisotopic (exact) mass is 477 g/mol. The van der Waals surface area contributed by atoms with Crippen LogP contribution < -0.4 is 5.56 Å². The molecular formula is C29H39N3O3. The summed E-state index contributed by atoms with van der Waals surface area (Å²) >= 11 is 0. The summed E-state index contributed by atoms with van der Waals surface area (Å²) < 4.78 is 6.93. The van der Waals surface area contributed by atoms with Crippen LogP contribution in [-0.2, 0) is 11.3 Å². The number of aromatic nitrogens is 2. The highest BCUT2D eigenvalue weighted by atomic mass is 16.5. The molecule has 2 heterocycles. The molecule has 4 saturated carbocycles. The van der Waals surface area contributed by atoms with E-state index in [0.717, 1.165) is 29.7 Å². The Morgan fingerprint density at radius 2 is 1.69 bits per heavy atom. The van der Waals surface area contributed by atoms with Gasteiger partial charge in [-0.25, -0.2) is 9.78 Å². The van der Waals surface area contributed by atoms with Crippen LogP contribution in [-0.4, -0.2) is 44.6 Å². The number of hydrogen-bond donors (Lipinski definition) is 0. The molecule has 1 aliphatic heterocycles. The maximum atomic E-state index is 13.4. The van der Waals surface area contributed by atoms with Gasteiger partial charge in [0.15, 0.2) is 0 Å². The Labute approximate surface area is 208 Å². The predicted octanol–water partition coefficient (Wildman–Crippen LogP) is 5.18. The second-order valence-electron chi connectivity index (χ2n) is 11.8. The summed E-state index contributed by atoms with van der Waals surface area (Å²) in [6.07, 6.45) is 13.2. The molecule has 0 spiro atoms. The molecule has 0 unspecified atom stereocenters. The van der Waals surface area contributed by atoms with Gasteiger partial charge in [0.2, 0.25) is 5.69 Å². The van der Waals surface area contributed by atoms with E-state index in [9.17, 15) is 9.59 Å². The molecule has 5 aliphatic rings. The van der Waals surface area contributed by atoms with Crippen LogP contribution in [0.15, 0.2) is 29.1 Å². The molecule has 188 valence electrons. The lowest BCUT2D eigenvalue weighted by Gasteiger charge is -2.62. The van der Waals surface area contributed by atoms with Gasteiger partial charge < -0.3 is 9.30 Å². The van der Waals surface area contributed by atoms with Crippen LogP contribution in [0.25, 0.3) is 11.0 Å². The minimum Gasteiger partial charge on any atom is -0.461 e. The number of aryl methyl sites for hydroxylation is 1. The molecule has 0 N–H and O–H groups in total. The molecule has 7 rings (SSSR count). The SMILES string of the molecule is CCOC(=O)c1nc2ccccc2n(CC[C@@H]2CC[C@H](CC)N2C23CC4CC(CC(C4)C2)C3)c1=O. The summed E-state index contributed by atoms with van der Waals surface area (Å²) in [5, 5.41) is 0. The summed E-state index contributed by atoms with van der Waals surface area (Å²) in [5.74, 6) is 2.16. The van der Waals surface area contributed by atoms with Crippen LogP contribution in [0.3, 0.4) is 0 Å². The average Bonchev–Trinajstić information content (AvgIpc) is 3.26. The van der Waals surface area contributed by atoms with E-state index in [4.69, 9.17) is 4.74 Å². The lowest BCUT2D eigenvalue weighted by Crippen LogP contribution is -2.63. The van der Waals surface area contributed by atoms with E-state index in [1.54, 1.807) is 11.5 Å². The number of esters is 1. The molecule has 0 radical (unpaired) electrons. The number of benzene rings is 1. The van der Waals surface area contributed by atoms with E-state index in [2.05, 4.69) is 16.8 Å². The molecule has 4 aliphatic carbocycles. The molecule has 5 fully saturated rings. The fourth-order valence-corrected chi connectivity index (χ4v) is 8.83. The predicted molar refractivity (Wildman–Crippen MR) is 136 cm³/mol. The number of rotatable bonds is 7. The number of hydrogen-bond acceptors (Lipinski definition) is 5. The summed E-state index contributed by atoms with van der Waals surface area (Å²) in [6.45, 7) is 4.94. The third-order valence-corrected chi connectivity index (χ3v) is 9.65. The molecule has 1 aromatic carbocycles. The van der Waals surface area contributed by atoms with Gasteiger partial charge in [-0.3, -0.25) is 9.69 Å². The van der Waals surface area contributed by atoms with Crippen molar-refractivity contribution in [3.63, 3.8) is 0 Å². The number of ether oxygens (including phenoxy) is 1. The molecule has 0 amide bonds. The lowest BCUT2D eigenvalue weighted by molar-refractivity contribution is -0.109. The van der Waals surface area contributed by atoms with E-state index >= 15 is 0 Å². The first-order chi connectivity index (χ1) is 17.0. The van der Waals surface area contributed by atoms with Gasteiger partial charge in [0, 0.05) is 24.2 Å². The maximum absolute atomic E-state index is 13.4. The summed E-state index contributed by atoms with van der Waals surface area (Å²) in [5.41, 5.74) is 1.44. The Bertz CT molecular complexity index is 1140. The zero-order valence-electron chi connectivity index (χ0n) is 21.2. The van der Waals surface area contributed by atoms with Crippen molar-refractivity contribution in [1.82, 2.24) is 14.5 Å². The number of para-hydroxylation sites is 2. The van der Waals surface area contributed by atoms with Gasteiger partial charge in [0.25, 0.3) is 5.56 Å². The van der Waals surface area contributed by atoms with Crippen LogP contribution in [0.4, 0.5) is 0 Å². The van der Waals surface area contributed by atoms with Gasteiger partial charge in [0.05, 0.1) is 17.6 Å². The van der Waals surface area contributed by atoms with E-state index in [0.29, 0.717) is 29.7 Å². The van der Waals surface area contributed by atoms with Gasteiger partial charge >= 0.3 is 5.97 Å². The van der Waals surface area contributed by atoms with Crippen molar-refractivity contribution in [3.05, 3.63) is 40.3 Å². The van der Waals surface area contributed by atoms with Crippen molar-refractivity contribution >= 4 is 17.0 Å². The highest BCUT2D eigenvalue weighted by Crippen LogP contribution is 2.59. The van der Waals surface area contributed by atoms with Crippen molar-refractivity contribution in [2.45, 2.75) is 102 Å². The highest BCUT2D eigenvalue weighted by molar-refractivity contribution is 5.89. The third-order valence-electron chi connectivity index (χ3n) is 9.65. The van der Waals surface area contributed by atoms with Crippen LogP contribution in [0.5, 0.6) is 0 Å². The minimum absolute atomic E-state index is 0.0960. The molecule has 2 atom stereocenters. The van der Waals surface area contributed by atoms with Crippen molar-refractivity contribution in [2.75, 3.05) is 6.61 Å². The Hall–Kier alpha value is -2.21. The smallest absolute Gasteiger partial charge is 0.362 e. The largest absolute Gasteiger partial charge is 0.461 e. The number of carbonyl (C=O) groups is 1. The quantitative estimate of drug-likeness (QED) is 0.515. The number of carbonyl (C=O) groups excluding carboxylic acids is 1. The zero-order chi connectivity index (χ0) is 24.2. The lowest BCUT2D eigenvalue weighted by atomic mass is 9.52. The second kappa shape index (κ2) is 9.02. The molecule has 1 saturated heterocycles. The Balaban J connectivity index is 1.31. The fraction of sp³-hybridized carbons (Fsp3) is 0.690. The first-order valence-electron chi connectivity index (χ1n) is 14.0. The first kappa shape index (κ1) is 23.2. The molecule has 35 heavy (non-hydrogen) atoms. The van der Waals surface area contributed by atoms with E-state index in [-0.39, 0.29) is 17.9 Å². The molecule has 6 nitrogen and oxygen atoms in total. The Morgan fingerprint density at radius 1 is 1.03 bits per heavy atom. The summed E-state index contributed by atoms with van der Waals surface area (Å²) in [6, 6.07) is 8.82. The van der Waals surface area contributed by atoms with E-state index < -0.39 is 5.97 Å². The molecule has 4 bridgehead atoms. The molecule has 6 heteroatoms. The molecule has 1 aromatic heterocycles. The third kappa shape index (κ3) is 3.92. The Morgan fingerprint density at radius 3 is 2.34 bits per heavy atom. The normalized spacial score (nSPS) is 34.1. The van der Waals surface area contributed by atoms with Gasteiger partial charge in [0.1, 0.15) is 0 Å². The molecular weight excluding hydrogens is 438 g/mol. The van der Waals surface area contributed by atoms with Crippen LogP contribution in [0.2, 0.25) is 0 Å². The van der Waals surface area contributed by atoms with Gasteiger partial charge in [-0.05, 0) is 101 Å². The van der Waals surface area contributed by atoms with E-state index in [1.165, 1.54) is 57.8 Å². The van der Waals surface area contributed by atoms with Gasteiger partial charge in [-0.2, -0.15) is 0 Å². The van der Waals surface area contributed by atoms with Gasteiger partial charge in [-0.1, -0.05) is 19.1 Å². The summed E-state index contributed by atoms with van der Waals surface area (Å²) in [7, 11) is 0. The van der Waals surface area contributed by atoms with Crippen LogP contribution >= 0.6 is 0 Å². The highest BCUT2D eigenvalue weighted by Gasteiger charge is 2.56. The zero-order valence-corrected chi connectivity index (χ0v) is 21.2. The minimum atomic E-state index is -0.626. The second-order valence-corrected chi connectivity index (χ2v) is 11.8. The van der Waals surface area contributed by atoms with E-state index in [1.807, 2.05) is 24.3 Å². The fourth-order valence-electron chi connectivity index (χ4n) is 8.83. The number of nitrogens with zero attached hydrogens (tertiary/aromatic N) is 3. The van der Waals surface area contributed by atoms with Crippen molar-refractivity contribution in [3.8, 4) is 0 Å². The van der Waals surface area contributed by atoms with Crippen molar-refractivity contribution in [2.24, 2.45) is 17.8 Å². The number of fused-ring (bicyclic) bond motifs is 1. The van der Waals surface area contributed by atoms with Gasteiger partial charge in [-0.15, -0.1) is 0 Å².